The van der Waals surface area contributed by atoms with E-state index in [0.29, 0.717) is 6.54 Å². The Kier molecular flexibility index (Phi) is 8.96. The van der Waals surface area contributed by atoms with E-state index in [0.717, 1.165) is 37.6 Å². The van der Waals surface area contributed by atoms with Gasteiger partial charge in [-0.25, -0.2) is 0 Å². The lowest BCUT2D eigenvalue weighted by Gasteiger charge is -2.27. The molecule has 3 fully saturated rings. The van der Waals surface area contributed by atoms with Crippen LogP contribution in [0.25, 0.3) is 0 Å². The fraction of sp³-hybridized carbons (Fsp3) is 0.917. The van der Waals surface area contributed by atoms with Gasteiger partial charge < -0.3 is 10.2 Å². The maximum atomic E-state index is 12.8. The van der Waals surface area contributed by atoms with Crippen LogP contribution in [0, 0.1) is 29.2 Å². The van der Waals surface area contributed by atoms with Gasteiger partial charge in [-0.05, 0) is 31.1 Å². The highest BCUT2D eigenvalue weighted by Crippen LogP contribution is 2.36. The highest BCUT2D eigenvalue weighted by Gasteiger charge is 2.28. The summed E-state index contributed by atoms with van der Waals surface area (Å²) >= 11 is 0. The molecule has 2 unspecified atom stereocenters. The Morgan fingerprint density at radius 2 is 1.29 bits per heavy atom. The molecule has 158 valence electrons. The molecule has 4 heteroatoms. The third kappa shape index (κ3) is 6.68. The molecule has 1 amide bonds. The molecule has 0 aromatic carbocycles. The van der Waals surface area contributed by atoms with Crippen LogP contribution in [0.3, 0.4) is 0 Å². The molecule has 0 bridgehead atoms. The lowest BCUT2D eigenvalue weighted by atomic mass is 9.79. The Balaban J connectivity index is 1.46. The van der Waals surface area contributed by atoms with E-state index in [1.807, 2.05) is 0 Å². The quantitative estimate of drug-likeness (QED) is 0.661. The van der Waals surface area contributed by atoms with Crippen LogP contribution in [-0.2, 0) is 4.79 Å². The third-order valence-corrected chi connectivity index (χ3v) is 7.62. The van der Waals surface area contributed by atoms with Crippen molar-refractivity contribution >= 4 is 5.91 Å². The van der Waals surface area contributed by atoms with E-state index < -0.39 is 0 Å². The molecular weight excluding hydrogens is 346 g/mol. The first kappa shape index (κ1) is 21.5. The van der Waals surface area contributed by atoms with Gasteiger partial charge in [0.05, 0.1) is 0 Å². The van der Waals surface area contributed by atoms with Crippen molar-refractivity contribution in [3.05, 3.63) is 0 Å². The van der Waals surface area contributed by atoms with Crippen LogP contribution in [0.15, 0.2) is 0 Å². The number of carbonyl (C=O) groups excluding carboxylic acids is 1. The molecule has 0 aromatic heterocycles. The second-order valence-corrected chi connectivity index (χ2v) is 9.67. The minimum atomic E-state index is 0.173. The fourth-order valence-corrected chi connectivity index (χ4v) is 5.87. The van der Waals surface area contributed by atoms with E-state index in [1.165, 1.54) is 83.5 Å². The van der Waals surface area contributed by atoms with E-state index in [1.54, 1.807) is 4.90 Å². The molecule has 1 aliphatic heterocycles. The molecule has 1 saturated heterocycles. The highest BCUT2D eigenvalue weighted by atomic mass is 16.1. The number of likely N-dealkylation sites (tertiary alicyclic amines) is 1. The zero-order valence-electron chi connectivity index (χ0n) is 17.8. The summed E-state index contributed by atoms with van der Waals surface area (Å²) < 4.78 is 0. The van der Waals surface area contributed by atoms with Gasteiger partial charge in [-0.15, -0.1) is 0 Å². The molecule has 0 spiro atoms. The van der Waals surface area contributed by atoms with Gasteiger partial charge in [-0.1, -0.05) is 83.5 Å². The zero-order chi connectivity index (χ0) is 19.6. The van der Waals surface area contributed by atoms with Crippen LogP contribution in [0.4, 0.5) is 0 Å². The Bertz CT molecular complexity index is 504. The maximum absolute atomic E-state index is 12.8. The number of carbonyl (C=O) groups is 1. The van der Waals surface area contributed by atoms with Gasteiger partial charge in [0.2, 0.25) is 5.91 Å². The number of amides is 1. The van der Waals surface area contributed by atoms with Gasteiger partial charge in [0, 0.05) is 25.0 Å². The molecule has 2 saturated carbocycles. The average Bonchev–Trinajstić information content (AvgIpc) is 3.22. The minimum absolute atomic E-state index is 0.173. The average molecular weight is 388 g/mol. The van der Waals surface area contributed by atoms with Crippen molar-refractivity contribution in [1.82, 2.24) is 10.2 Å². The number of nitrogens with zero attached hydrogens (tertiary/aromatic N) is 2. The van der Waals surface area contributed by atoms with Crippen molar-refractivity contribution < 1.29 is 4.79 Å². The Morgan fingerprint density at radius 3 is 1.93 bits per heavy atom. The van der Waals surface area contributed by atoms with Gasteiger partial charge in [-0.3, -0.25) is 4.79 Å². The predicted octanol–water partition coefficient (Wildman–Crippen LogP) is 5.39. The molecular formula is C24H41N3O. The highest BCUT2D eigenvalue weighted by molar-refractivity contribution is 5.79. The van der Waals surface area contributed by atoms with Crippen LogP contribution in [-0.4, -0.2) is 29.9 Å². The summed E-state index contributed by atoms with van der Waals surface area (Å²) in [6.45, 7) is 1.48. The molecule has 3 rings (SSSR count). The molecule has 3 atom stereocenters. The molecule has 0 radical (unpaired) electrons. The second-order valence-electron chi connectivity index (χ2n) is 9.67. The normalized spacial score (nSPS) is 31.4. The lowest BCUT2D eigenvalue weighted by molar-refractivity contribution is -0.126. The summed E-state index contributed by atoms with van der Waals surface area (Å²) in [6, 6.07) is 0.173. The second kappa shape index (κ2) is 11.7. The van der Waals surface area contributed by atoms with Crippen molar-refractivity contribution in [2.75, 3.05) is 13.1 Å². The first-order valence-corrected chi connectivity index (χ1v) is 12.2. The third-order valence-electron chi connectivity index (χ3n) is 7.62. The monoisotopic (exact) mass is 387 g/mol. The van der Waals surface area contributed by atoms with E-state index in [2.05, 4.69) is 11.5 Å². The lowest BCUT2D eigenvalue weighted by Crippen LogP contribution is -2.40. The summed E-state index contributed by atoms with van der Waals surface area (Å²) in [5, 5.41) is 12.3. The van der Waals surface area contributed by atoms with E-state index in [9.17, 15) is 4.79 Å². The Morgan fingerprint density at radius 1 is 0.750 bits per heavy atom. The molecule has 28 heavy (non-hydrogen) atoms. The SMILES string of the molecule is N#CN1CC[C@@H](NC(=O)C2CCCCC(C3CCCCCCCC3)CCC2)C1. The standard InChI is InChI=1S/C24H41N3O/c25-19-27-17-16-23(18-27)26-24(28)22-13-8-7-12-21(14-9-15-22)20-10-5-3-1-2-4-6-11-20/h20-23H,1-18H2,(H,26,28)/t21?,22?,23-/m1/s1. The minimum Gasteiger partial charge on any atom is -0.351 e. The fourth-order valence-electron chi connectivity index (χ4n) is 5.87. The van der Waals surface area contributed by atoms with E-state index >= 15 is 0 Å². The number of rotatable bonds is 3. The molecule has 0 aromatic rings. The molecule has 1 heterocycles. The molecule has 4 nitrogen and oxygen atoms in total. The van der Waals surface area contributed by atoms with Crippen molar-refractivity contribution in [3.8, 4) is 6.19 Å². The summed E-state index contributed by atoms with van der Waals surface area (Å²) in [5.74, 6) is 2.29. The summed E-state index contributed by atoms with van der Waals surface area (Å²) in [7, 11) is 0. The first-order chi connectivity index (χ1) is 13.8. The zero-order valence-corrected chi connectivity index (χ0v) is 17.8. The van der Waals surface area contributed by atoms with E-state index in [4.69, 9.17) is 5.26 Å². The maximum Gasteiger partial charge on any atom is 0.223 e. The van der Waals surface area contributed by atoms with Crippen molar-refractivity contribution in [2.24, 2.45) is 17.8 Å². The summed E-state index contributed by atoms with van der Waals surface area (Å²) in [4.78, 5) is 14.6. The van der Waals surface area contributed by atoms with Gasteiger partial charge in [0.15, 0.2) is 6.19 Å². The molecule has 1 N–H and O–H groups in total. The van der Waals surface area contributed by atoms with Gasteiger partial charge in [0.25, 0.3) is 0 Å². The van der Waals surface area contributed by atoms with Gasteiger partial charge in [0.1, 0.15) is 0 Å². The number of nitrogens with one attached hydrogen (secondary N) is 1. The van der Waals surface area contributed by atoms with E-state index in [-0.39, 0.29) is 17.9 Å². The number of hydrogen-bond donors (Lipinski definition) is 1. The summed E-state index contributed by atoms with van der Waals surface area (Å²) in [6.07, 6.45) is 23.2. The largest absolute Gasteiger partial charge is 0.351 e. The van der Waals surface area contributed by atoms with Crippen LogP contribution < -0.4 is 5.32 Å². The Hall–Kier alpha value is -1.24. The first-order valence-electron chi connectivity index (χ1n) is 12.2. The van der Waals surface area contributed by atoms with Crippen molar-refractivity contribution in [3.63, 3.8) is 0 Å². The smallest absolute Gasteiger partial charge is 0.223 e. The van der Waals surface area contributed by atoms with Crippen LogP contribution in [0.5, 0.6) is 0 Å². The van der Waals surface area contributed by atoms with Crippen LogP contribution >= 0.6 is 0 Å². The Labute approximate surface area is 172 Å². The van der Waals surface area contributed by atoms with Crippen molar-refractivity contribution in [2.45, 2.75) is 109 Å². The van der Waals surface area contributed by atoms with Gasteiger partial charge >= 0.3 is 0 Å². The number of nitriles is 1. The molecule has 3 aliphatic rings. The van der Waals surface area contributed by atoms with Crippen molar-refractivity contribution in [1.29, 1.82) is 5.26 Å². The van der Waals surface area contributed by atoms with Gasteiger partial charge in [-0.2, -0.15) is 5.26 Å². The molecule has 2 aliphatic carbocycles. The van der Waals surface area contributed by atoms with Crippen LogP contribution in [0.2, 0.25) is 0 Å². The predicted molar refractivity (Wildman–Crippen MR) is 113 cm³/mol. The topological polar surface area (TPSA) is 56.1 Å². The number of hydrogen-bond acceptors (Lipinski definition) is 3. The summed E-state index contributed by atoms with van der Waals surface area (Å²) in [5.41, 5.74) is 0. The van der Waals surface area contributed by atoms with Crippen LogP contribution in [0.1, 0.15) is 103 Å².